The summed E-state index contributed by atoms with van der Waals surface area (Å²) in [5.74, 6) is 3.20. The van der Waals surface area contributed by atoms with Crippen molar-refractivity contribution in [2.24, 2.45) is 0 Å². The molecule has 3 rings (SSSR count). The molecule has 0 saturated carbocycles. The second kappa shape index (κ2) is 5.63. The van der Waals surface area contributed by atoms with E-state index in [4.69, 9.17) is 9.15 Å². The topological polar surface area (TPSA) is 60.2 Å². The molecule has 1 N–H and O–H groups in total. The van der Waals surface area contributed by atoms with Gasteiger partial charge in [-0.25, -0.2) is 9.97 Å². The first-order valence-corrected chi connectivity index (χ1v) is 7.12. The molecule has 0 bridgehead atoms. The second-order valence-electron chi connectivity index (χ2n) is 4.77. The summed E-state index contributed by atoms with van der Waals surface area (Å²) in [4.78, 5) is 9.25. The number of fused-ring (bicyclic) bond motifs is 1. The van der Waals surface area contributed by atoms with E-state index in [2.05, 4.69) is 29.1 Å². The zero-order valence-corrected chi connectivity index (χ0v) is 11.9. The maximum absolute atomic E-state index is 5.76. The Morgan fingerprint density at radius 2 is 2.15 bits per heavy atom. The maximum atomic E-state index is 5.76. The molecule has 0 spiro atoms. The fourth-order valence-electron chi connectivity index (χ4n) is 2.34. The van der Waals surface area contributed by atoms with Gasteiger partial charge < -0.3 is 14.5 Å². The van der Waals surface area contributed by atoms with Gasteiger partial charge in [0.05, 0.1) is 18.9 Å². The number of furan rings is 1. The summed E-state index contributed by atoms with van der Waals surface area (Å²) < 4.78 is 11.3. The number of hydrogen-bond donors (Lipinski definition) is 1. The lowest BCUT2D eigenvalue weighted by atomic mass is 10.1. The molecule has 0 unspecified atom stereocenters. The van der Waals surface area contributed by atoms with Crippen LogP contribution in [-0.4, -0.2) is 23.1 Å². The van der Waals surface area contributed by atoms with Gasteiger partial charge >= 0.3 is 0 Å². The van der Waals surface area contributed by atoms with Gasteiger partial charge in [-0.1, -0.05) is 6.92 Å². The molecule has 20 heavy (non-hydrogen) atoms. The summed E-state index contributed by atoms with van der Waals surface area (Å²) >= 11 is 0. The van der Waals surface area contributed by atoms with E-state index in [0.717, 1.165) is 48.0 Å². The largest absolute Gasteiger partial charge is 0.458 e. The monoisotopic (exact) mass is 273 g/mol. The average molecular weight is 273 g/mol. The summed E-state index contributed by atoms with van der Waals surface area (Å²) in [6, 6.07) is 3.92. The summed E-state index contributed by atoms with van der Waals surface area (Å²) in [5.41, 5.74) is 2.13. The summed E-state index contributed by atoms with van der Waals surface area (Å²) in [6.07, 6.45) is 1.70. The Hall–Kier alpha value is -1.88. The van der Waals surface area contributed by atoms with Crippen molar-refractivity contribution in [1.29, 1.82) is 0 Å². The number of hydrogen-bond acceptors (Lipinski definition) is 5. The van der Waals surface area contributed by atoms with Crippen LogP contribution in [0, 0.1) is 0 Å². The highest BCUT2D eigenvalue weighted by molar-refractivity contribution is 5.56. The van der Waals surface area contributed by atoms with Gasteiger partial charge in [0.15, 0.2) is 11.6 Å². The van der Waals surface area contributed by atoms with E-state index in [0.29, 0.717) is 19.0 Å². The van der Waals surface area contributed by atoms with Crippen LogP contribution >= 0.6 is 0 Å². The Morgan fingerprint density at radius 1 is 1.25 bits per heavy atom. The lowest BCUT2D eigenvalue weighted by Gasteiger charge is -2.19. The SMILES string of the molecule is CCNc1nc(-c2ccc(CC)o2)nc2c1COCC2. The van der Waals surface area contributed by atoms with Crippen LogP contribution in [-0.2, 0) is 24.2 Å². The zero-order valence-electron chi connectivity index (χ0n) is 11.9. The Bertz CT molecular complexity index is 607. The molecule has 0 fully saturated rings. The Morgan fingerprint density at radius 3 is 2.90 bits per heavy atom. The lowest BCUT2D eigenvalue weighted by Crippen LogP contribution is -2.17. The number of aryl methyl sites for hydroxylation is 1. The summed E-state index contributed by atoms with van der Waals surface area (Å²) in [6.45, 7) is 6.24. The fraction of sp³-hybridized carbons (Fsp3) is 0.467. The standard InChI is InChI=1S/C15H19N3O2/c1-3-10-5-6-13(20-10)15-17-12-7-8-19-9-11(12)14(18-15)16-4-2/h5-6H,3-4,7-9H2,1-2H3,(H,16,17,18). The van der Waals surface area contributed by atoms with Crippen molar-refractivity contribution in [2.75, 3.05) is 18.5 Å². The molecule has 1 aliphatic rings. The van der Waals surface area contributed by atoms with Gasteiger partial charge in [-0.2, -0.15) is 0 Å². The molecular weight excluding hydrogens is 254 g/mol. The highest BCUT2D eigenvalue weighted by atomic mass is 16.5. The zero-order chi connectivity index (χ0) is 13.9. The van der Waals surface area contributed by atoms with Gasteiger partial charge in [-0.15, -0.1) is 0 Å². The quantitative estimate of drug-likeness (QED) is 0.928. The smallest absolute Gasteiger partial charge is 0.197 e. The highest BCUT2D eigenvalue weighted by Gasteiger charge is 2.19. The third kappa shape index (κ3) is 2.41. The van der Waals surface area contributed by atoms with Gasteiger partial charge in [-0.05, 0) is 19.1 Å². The molecule has 0 saturated heterocycles. The van der Waals surface area contributed by atoms with Crippen LogP contribution in [0.15, 0.2) is 16.5 Å². The molecule has 0 aromatic carbocycles. The van der Waals surface area contributed by atoms with Crippen LogP contribution in [0.4, 0.5) is 5.82 Å². The molecule has 3 heterocycles. The molecule has 2 aromatic rings. The van der Waals surface area contributed by atoms with Crippen molar-refractivity contribution < 1.29 is 9.15 Å². The van der Waals surface area contributed by atoms with Crippen molar-refractivity contribution in [3.63, 3.8) is 0 Å². The number of nitrogens with zero attached hydrogens (tertiary/aromatic N) is 2. The van der Waals surface area contributed by atoms with E-state index in [-0.39, 0.29) is 0 Å². The molecule has 0 aliphatic carbocycles. The predicted molar refractivity (Wildman–Crippen MR) is 76.6 cm³/mol. The van der Waals surface area contributed by atoms with E-state index >= 15 is 0 Å². The van der Waals surface area contributed by atoms with Crippen molar-refractivity contribution in [1.82, 2.24) is 9.97 Å². The number of ether oxygens (including phenoxy) is 1. The number of rotatable bonds is 4. The van der Waals surface area contributed by atoms with E-state index in [1.54, 1.807) is 0 Å². The number of nitrogens with one attached hydrogen (secondary N) is 1. The van der Waals surface area contributed by atoms with E-state index in [1.807, 2.05) is 12.1 Å². The molecular formula is C15H19N3O2. The highest BCUT2D eigenvalue weighted by Crippen LogP contribution is 2.27. The van der Waals surface area contributed by atoms with Crippen molar-refractivity contribution in [3.05, 3.63) is 29.2 Å². The lowest BCUT2D eigenvalue weighted by molar-refractivity contribution is 0.109. The fourth-order valence-corrected chi connectivity index (χ4v) is 2.34. The van der Waals surface area contributed by atoms with Crippen molar-refractivity contribution in [3.8, 4) is 11.6 Å². The molecule has 2 aromatic heterocycles. The third-order valence-corrected chi connectivity index (χ3v) is 3.40. The molecule has 0 atom stereocenters. The van der Waals surface area contributed by atoms with Crippen LogP contribution < -0.4 is 5.32 Å². The minimum absolute atomic E-state index is 0.580. The van der Waals surface area contributed by atoms with Gasteiger partial charge in [0.25, 0.3) is 0 Å². The Kier molecular flexibility index (Phi) is 3.69. The average Bonchev–Trinajstić information content (AvgIpc) is 2.96. The molecule has 5 nitrogen and oxygen atoms in total. The first-order valence-electron chi connectivity index (χ1n) is 7.12. The normalized spacial score (nSPS) is 14.1. The molecule has 1 aliphatic heterocycles. The summed E-state index contributed by atoms with van der Waals surface area (Å²) in [7, 11) is 0. The first-order chi connectivity index (χ1) is 9.81. The van der Waals surface area contributed by atoms with Gasteiger partial charge in [0.2, 0.25) is 0 Å². The minimum Gasteiger partial charge on any atom is -0.458 e. The van der Waals surface area contributed by atoms with Gasteiger partial charge in [-0.3, -0.25) is 0 Å². The molecule has 106 valence electrons. The van der Waals surface area contributed by atoms with Crippen molar-refractivity contribution in [2.45, 2.75) is 33.3 Å². The molecule has 0 radical (unpaired) electrons. The van der Waals surface area contributed by atoms with Crippen LogP contribution in [0.3, 0.4) is 0 Å². The Labute approximate surface area is 118 Å². The minimum atomic E-state index is 0.580. The summed E-state index contributed by atoms with van der Waals surface area (Å²) in [5, 5.41) is 3.29. The first kappa shape index (κ1) is 13.1. The van der Waals surface area contributed by atoms with Crippen LogP contribution in [0.2, 0.25) is 0 Å². The van der Waals surface area contributed by atoms with E-state index < -0.39 is 0 Å². The van der Waals surface area contributed by atoms with Crippen LogP contribution in [0.1, 0.15) is 30.9 Å². The number of aromatic nitrogens is 2. The Balaban J connectivity index is 2.04. The van der Waals surface area contributed by atoms with E-state index in [9.17, 15) is 0 Å². The second-order valence-corrected chi connectivity index (χ2v) is 4.77. The van der Waals surface area contributed by atoms with Crippen LogP contribution in [0.5, 0.6) is 0 Å². The predicted octanol–water partition coefficient (Wildman–Crippen LogP) is 2.80. The van der Waals surface area contributed by atoms with Gasteiger partial charge in [0.1, 0.15) is 11.6 Å². The van der Waals surface area contributed by atoms with Gasteiger partial charge in [0, 0.05) is 24.9 Å². The third-order valence-electron chi connectivity index (χ3n) is 3.40. The van der Waals surface area contributed by atoms with Crippen LogP contribution in [0.25, 0.3) is 11.6 Å². The van der Waals surface area contributed by atoms with Crippen molar-refractivity contribution >= 4 is 5.82 Å². The number of anilines is 1. The molecule has 0 amide bonds. The van der Waals surface area contributed by atoms with E-state index in [1.165, 1.54) is 0 Å². The maximum Gasteiger partial charge on any atom is 0.197 e. The molecule has 5 heteroatoms.